The Bertz CT molecular complexity index is 398. The molecule has 1 aromatic rings. The molecule has 0 spiro atoms. The fourth-order valence-corrected chi connectivity index (χ4v) is 1.83. The first kappa shape index (κ1) is 15.8. The third-order valence-corrected chi connectivity index (χ3v) is 2.83. The molecule has 1 atom stereocenters. The standard InChI is InChI=1S/C14H19F3O2/c1-10(2)19-12-7-5-11(6-8-12)13(3,18-4)9-14(15,16)17/h5-8,10H,9H2,1-4H3. The molecule has 0 N–H and O–H groups in total. The molecule has 0 radical (unpaired) electrons. The monoisotopic (exact) mass is 276 g/mol. The molecule has 0 aromatic heterocycles. The number of hydrogen-bond donors (Lipinski definition) is 0. The molecule has 108 valence electrons. The largest absolute Gasteiger partial charge is 0.491 e. The molecule has 0 saturated heterocycles. The molecule has 1 rings (SSSR count). The molecule has 0 aliphatic heterocycles. The number of alkyl halides is 3. The van der Waals surface area contributed by atoms with Gasteiger partial charge >= 0.3 is 6.18 Å². The summed E-state index contributed by atoms with van der Waals surface area (Å²) in [6, 6.07) is 6.52. The van der Waals surface area contributed by atoms with E-state index in [9.17, 15) is 13.2 Å². The number of halogens is 3. The summed E-state index contributed by atoms with van der Waals surface area (Å²) < 4.78 is 48.2. The molecule has 0 aliphatic carbocycles. The van der Waals surface area contributed by atoms with E-state index in [4.69, 9.17) is 9.47 Å². The number of hydrogen-bond acceptors (Lipinski definition) is 2. The zero-order chi connectivity index (χ0) is 14.7. The van der Waals surface area contributed by atoms with Crippen molar-refractivity contribution in [3.63, 3.8) is 0 Å². The van der Waals surface area contributed by atoms with E-state index in [0.717, 1.165) is 0 Å². The van der Waals surface area contributed by atoms with Gasteiger partial charge in [0.1, 0.15) is 5.75 Å². The van der Waals surface area contributed by atoms with Gasteiger partial charge in [-0.15, -0.1) is 0 Å². The van der Waals surface area contributed by atoms with Crippen LogP contribution in [0.4, 0.5) is 13.2 Å². The zero-order valence-electron chi connectivity index (χ0n) is 11.5. The van der Waals surface area contributed by atoms with E-state index in [1.807, 2.05) is 13.8 Å². The first-order valence-corrected chi connectivity index (χ1v) is 6.05. The van der Waals surface area contributed by atoms with Gasteiger partial charge in [-0.3, -0.25) is 0 Å². The van der Waals surface area contributed by atoms with Crippen LogP contribution in [0.3, 0.4) is 0 Å². The van der Waals surface area contributed by atoms with Crippen LogP contribution in [0.1, 0.15) is 32.8 Å². The van der Waals surface area contributed by atoms with E-state index in [1.165, 1.54) is 14.0 Å². The maximum Gasteiger partial charge on any atom is 0.392 e. The van der Waals surface area contributed by atoms with Crippen LogP contribution in [0.25, 0.3) is 0 Å². The van der Waals surface area contributed by atoms with Crippen LogP contribution in [0, 0.1) is 0 Å². The van der Waals surface area contributed by atoms with Crippen LogP contribution in [-0.2, 0) is 10.3 Å². The van der Waals surface area contributed by atoms with Gasteiger partial charge in [0.05, 0.1) is 18.1 Å². The Morgan fingerprint density at radius 2 is 1.63 bits per heavy atom. The SMILES string of the molecule is COC(C)(CC(F)(F)F)c1ccc(OC(C)C)cc1. The van der Waals surface area contributed by atoms with E-state index >= 15 is 0 Å². The van der Waals surface area contributed by atoms with Crippen molar-refractivity contribution in [3.8, 4) is 5.75 Å². The Hall–Kier alpha value is -1.23. The fraction of sp³-hybridized carbons (Fsp3) is 0.571. The Balaban J connectivity index is 2.93. The zero-order valence-corrected chi connectivity index (χ0v) is 11.5. The highest BCUT2D eigenvalue weighted by Gasteiger charge is 2.40. The summed E-state index contributed by atoms with van der Waals surface area (Å²) in [5.41, 5.74) is -0.905. The van der Waals surface area contributed by atoms with E-state index in [2.05, 4.69) is 0 Å². The van der Waals surface area contributed by atoms with Crippen LogP contribution in [0.15, 0.2) is 24.3 Å². The second-order valence-corrected chi connectivity index (χ2v) is 4.92. The van der Waals surface area contributed by atoms with Crippen LogP contribution in [-0.4, -0.2) is 19.4 Å². The lowest BCUT2D eigenvalue weighted by atomic mass is 9.92. The van der Waals surface area contributed by atoms with Crippen LogP contribution >= 0.6 is 0 Å². The van der Waals surface area contributed by atoms with Gasteiger partial charge < -0.3 is 9.47 Å². The van der Waals surface area contributed by atoms with Crippen molar-refractivity contribution < 1.29 is 22.6 Å². The molecule has 2 nitrogen and oxygen atoms in total. The van der Waals surface area contributed by atoms with Gasteiger partial charge in [-0.1, -0.05) is 12.1 Å². The van der Waals surface area contributed by atoms with E-state index in [1.54, 1.807) is 24.3 Å². The fourth-order valence-electron chi connectivity index (χ4n) is 1.83. The maximum absolute atomic E-state index is 12.6. The summed E-state index contributed by atoms with van der Waals surface area (Å²) in [5, 5.41) is 0. The lowest BCUT2D eigenvalue weighted by Gasteiger charge is -2.29. The average Bonchev–Trinajstić information content (AvgIpc) is 2.26. The summed E-state index contributed by atoms with van der Waals surface area (Å²) in [6.45, 7) is 5.20. The Morgan fingerprint density at radius 3 is 2.00 bits per heavy atom. The second-order valence-electron chi connectivity index (χ2n) is 4.92. The summed E-state index contributed by atoms with van der Waals surface area (Å²) in [6.07, 6.45) is -5.28. The van der Waals surface area contributed by atoms with Crippen LogP contribution < -0.4 is 4.74 Å². The smallest absolute Gasteiger partial charge is 0.392 e. The van der Waals surface area contributed by atoms with Gasteiger partial charge in [0, 0.05) is 7.11 Å². The van der Waals surface area contributed by atoms with Crippen LogP contribution in [0.2, 0.25) is 0 Å². The average molecular weight is 276 g/mol. The highest BCUT2D eigenvalue weighted by Crippen LogP contribution is 2.37. The Labute approximate surface area is 111 Å². The molecule has 1 unspecified atom stereocenters. The molecule has 0 heterocycles. The van der Waals surface area contributed by atoms with Crippen molar-refractivity contribution in [2.75, 3.05) is 7.11 Å². The summed E-state index contributed by atoms with van der Waals surface area (Å²) in [5.74, 6) is 0.629. The number of methoxy groups -OCH3 is 1. The molecule has 0 bridgehead atoms. The van der Waals surface area contributed by atoms with Gasteiger partial charge in [-0.05, 0) is 38.5 Å². The molecular weight excluding hydrogens is 257 g/mol. The minimum Gasteiger partial charge on any atom is -0.491 e. The van der Waals surface area contributed by atoms with Gasteiger partial charge in [-0.25, -0.2) is 0 Å². The molecule has 1 aromatic carbocycles. The minimum atomic E-state index is -4.28. The molecular formula is C14H19F3O2. The number of rotatable bonds is 5. The maximum atomic E-state index is 12.6. The highest BCUT2D eigenvalue weighted by atomic mass is 19.4. The minimum absolute atomic E-state index is 0.0230. The lowest BCUT2D eigenvalue weighted by molar-refractivity contribution is -0.181. The van der Waals surface area contributed by atoms with Crippen molar-refractivity contribution in [2.24, 2.45) is 0 Å². The van der Waals surface area contributed by atoms with E-state index in [0.29, 0.717) is 11.3 Å². The summed E-state index contributed by atoms with van der Waals surface area (Å²) >= 11 is 0. The number of benzene rings is 1. The predicted octanol–water partition coefficient (Wildman–Crippen LogP) is 4.29. The first-order valence-electron chi connectivity index (χ1n) is 6.05. The molecule has 0 aliphatic rings. The summed E-state index contributed by atoms with van der Waals surface area (Å²) in [4.78, 5) is 0. The molecule has 0 amide bonds. The second kappa shape index (κ2) is 5.82. The molecule has 5 heteroatoms. The van der Waals surface area contributed by atoms with Gasteiger partial charge in [0.15, 0.2) is 0 Å². The molecule has 0 fully saturated rings. The summed E-state index contributed by atoms with van der Waals surface area (Å²) in [7, 11) is 1.28. The van der Waals surface area contributed by atoms with Crippen molar-refractivity contribution in [3.05, 3.63) is 29.8 Å². The van der Waals surface area contributed by atoms with E-state index in [-0.39, 0.29) is 6.10 Å². The Kier molecular flexibility index (Phi) is 4.85. The lowest BCUT2D eigenvalue weighted by Crippen LogP contribution is -2.31. The quantitative estimate of drug-likeness (QED) is 0.798. The predicted molar refractivity (Wildman–Crippen MR) is 67.2 cm³/mol. The highest BCUT2D eigenvalue weighted by molar-refractivity contribution is 5.31. The van der Waals surface area contributed by atoms with Crippen molar-refractivity contribution >= 4 is 0 Å². The third-order valence-electron chi connectivity index (χ3n) is 2.83. The van der Waals surface area contributed by atoms with Gasteiger partial charge in [0.25, 0.3) is 0 Å². The van der Waals surface area contributed by atoms with E-state index < -0.39 is 18.2 Å². The molecule has 19 heavy (non-hydrogen) atoms. The normalized spacial score (nSPS) is 15.4. The third kappa shape index (κ3) is 4.74. The van der Waals surface area contributed by atoms with Crippen molar-refractivity contribution in [2.45, 2.75) is 45.1 Å². The van der Waals surface area contributed by atoms with Gasteiger partial charge in [-0.2, -0.15) is 13.2 Å². The van der Waals surface area contributed by atoms with Gasteiger partial charge in [0.2, 0.25) is 0 Å². The Morgan fingerprint density at radius 1 is 1.11 bits per heavy atom. The number of ether oxygens (including phenoxy) is 2. The molecule has 0 saturated carbocycles. The van der Waals surface area contributed by atoms with Crippen LogP contribution in [0.5, 0.6) is 5.75 Å². The topological polar surface area (TPSA) is 18.5 Å². The first-order chi connectivity index (χ1) is 8.66. The van der Waals surface area contributed by atoms with Crippen molar-refractivity contribution in [1.29, 1.82) is 0 Å². The van der Waals surface area contributed by atoms with Crippen molar-refractivity contribution in [1.82, 2.24) is 0 Å².